The molecular weight excluding hydrogens is 289 g/mol. The van der Waals surface area contributed by atoms with Crippen LogP contribution in [0.4, 0.5) is 4.39 Å². The molecule has 0 radical (unpaired) electrons. The van der Waals surface area contributed by atoms with Crippen LogP contribution in [0.25, 0.3) is 0 Å². The van der Waals surface area contributed by atoms with Crippen LogP contribution >= 0.6 is 11.6 Å². The van der Waals surface area contributed by atoms with Gasteiger partial charge in [-0.3, -0.25) is 0 Å². The molecule has 0 aliphatic heterocycles. The molecule has 0 bridgehead atoms. The van der Waals surface area contributed by atoms with E-state index in [4.69, 9.17) is 16.3 Å². The van der Waals surface area contributed by atoms with Gasteiger partial charge in [0.15, 0.2) is 0 Å². The van der Waals surface area contributed by atoms with Crippen molar-refractivity contribution in [3.8, 4) is 0 Å². The van der Waals surface area contributed by atoms with Gasteiger partial charge < -0.3 is 10.1 Å². The number of hydrogen-bond acceptors (Lipinski definition) is 2. The van der Waals surface area contributed by atoms with E-state index in [1.165, 1.54) is 11.6 Å². The molecule has 2 rings (SSSR count). The standard InChI is InChI=1S/C17H19ClFNO/c1-12(15-6-7-17(19)16(18)9-15)20-10-13-4-3-5-14(8-13)11-21-2/h3-9,12,20H,10-11H2,1-2H3. The van der Waals surface area contributed by atoms with Crippen molar-refractivity contribution in [3.05, 3.63) is 70.0 Å². The lowest BCUT2D eigenvalue weighted by Gasteiger charge is -2.15. The average molecular weight is 308 g/mol. The van der Waals surface area contributed by atoms with Gasteiger partial charge in [-0.2, -0.15) is 0 Å². The summed E-state index contributed by atoms with van der Waals surface area (Å²) in [6, 6.07) is 13.1. The van der Waals surface area contributed by atoms with Gasteiger partial charge in [-0.15, -0.1) is 0 Å². The van der Waals surface area contributed by atoms with Crippen molar-refractivity contribution < 1.29 is 9.13 Å². The first-order valence-electron chi connectivity index (χ1n) is 6.85. The van der Waals surface area contributed by atoms with E-state index >= 15 is 0 Å². The zero-order valence-electron chi connectivity index (χ0n) is 12.2. The Morgan fingerprint density at radius 2 is 1.95 bits per heavy atom. The Balaban J connectivity index is 1.98. The van der Waals surface area contributed by atoms with Gasteiger partial charge in [-0.05, 0) is 35.7 Å². The third kappa shape index (κ3) is 4.53. The monoisotopic (exact) mass is 307 g/mol. The molecule has 0 saturated heterocycles. The third-order valence-corrected chi connectivity index (χ3v) is 3.65. The lowest BCUT2D eigenvalue weighted by atomic mass is 10.1. The molecule has 112 valence electrons. The van der Waals surface area contributed by atoms with Crippen molar-refractivity contribution in [3.63, 3.8) is 0 Å². The highest BCUT2D eigenvalue weighted by atomic mass is 35.5. The molecule has 4 heteroatoms. The van der Waals surface area contributed by atoms with Crippen LogP contribution in [0.15, 0.2) is 42.5 Å². The van der Waals surface area contributed by atoms with Gasteiger partial charge in [0.05, 0.1) is 11.6 Å². The van der Waals surface area contributed by atoms with E-state index in [1.807, 2.05) is 19.1 Å². The quantitative estimate of drug-likeness (QED) is 0.850. The molecule has 2 aromatic carbocycles. The summed E-state index contributed by atoms with van der Waals surface area (Å²) in [7, 11) is 1.69. The minimum atomic E-state index is -0.389. The van der Waals surface area contributed by atoms with Gasteiger partial charge in [-0.25, -0.2) is 4.39 Å². The first-order chi connectivity index (χ1) is 10.1. The number of benzene rings is 2. The van der Waals surface area contributed by atoms with Gasteiger partial charge in [0, 0.05) is 19.7 Å². The molecule has 1 N–H and O–H groups in total. The van der Waals surface area contributed by atoms with Gasteiger partial charge in [-0.1, -0.05) is 41.9 Å². The topological polar surface area (TPSA) is 21.3 Å². The van der Waals surface area contributed by atoms with Gasteiger partial charge in [0.1, 0.15) is 5.82 Å². The molecule has 0 aliphatic rings. The second kappa shape index (κ2) is 7.55. The molecule has 0 amide bonds. The van der Waals surface area contributed by atoms with Gasteiger partial charge in [0.2, 0.25) is 0 Å². The Morgan fingerprint density at radius 1 is 1.19 bits per heavy atom. The number of methoxy groups -OCH3 is 1. The van der Waals surface area contributed by atoms with Crippen LogP contribution in [0.1, 0.15) is 29.7 Å². The summed E-state index contributed by atoms with van der Waals surface area (Å²) < 4.78 is 18.3. The van der Waals surface area contributed by atoms with Crippen LogP contribution in [0.3, 0.4) is 0 Å². The zero-order chi connectivity index (χ0) is 15.2. The van der Waals surface area contributed by atoms with Crippen molar-refractivity contribution >= 4 is 11.6 Å². The maximum Gasteiger partial charge on any atom is 0.141 e. The second-order valence-electron chi connectivity index (χ2n) is 5.03. The van der Waals surface area contributed by atoms with Crippen LogP contribution in [0.5, 0.6) is 0 Å². The van der Waals surface area contributed by atoms with E-state index in [0.29, 0.717) is 6.61 Å². The zero-order valence-corrected chi connectivity index (χ0v) is 13.0. The minimum Gasteiger partial charge on any atom is -0.380 e. The van der Waals surface area contributed by atoms with E-state index in [1.54, 1.807) is 19.2 Å². The first kappa shape index (κ1) is 16.0. The fourth-order valence-corrected chi connectivity index (χ4v) is 2.36. The number of halogens is 2. The van der Waals surface area contributed by atoms with E-state index < -0.39 is 0 Å². The molecule has 2 nitrogen and oxygen atoms in total. The highest BCUT2D eigenvalue weighted by Gasteiger charge is 2.08. The highest BCUT2D eigenvalue weighted by Crippen LogP contribution is 2.21. The predicted octanol–water partition coefficient (Wildman–Crippen LogP) is 4.48. The lowest BCUT2D eigenvalue weighted by Crippen LogP contribution is -2.18. The average Bonchev–Trinajstić information content (AvgIpc) is 2.48. The molecular formula is C17H19ClFNO. The summed E-state index contributed by atoms with van der Waals surface area (Å²) in [6.07, 6.45) is 0. The molecule has 0 heterocycles. The fourth-order valence-electron chi connectivity index (χ4n) is 2.17. The second-order valence-corrected chi connectivity index (χ2v) is 5.44. The van der Waals surface area contributed by atoms with Crippen molar-refractivity contribution in [2.24, 2.45) is 0 Å². The van der Waals surface area contributed by atoms with Crippen molar-refractivity contribution in [1.82, 2.24) is 5.32 Å². The molecule has 0 aliphatic carbocycles. The van der Waals surface area contributed by atoms with Crippen LogP contribution in [0.2, 0.25) is 5.02 Å². The van der Waals surface area contributed by atoms with Crippen LogP contribution in [-0.2, 0) is 17.9 Å². The highest BCUT2D eigenvalue weighted by molar-refractivity contribution is 6.30. The SMILES string of the molecule is COCc1cccc(CNC(C)c2ccc(F)c(Cl)c2)c1. The normalized spacial score (nSPS) is 12.4. The Bertz CT molecular complexity index is 603. The molecule has 0 spiro atoms. The molecule has 0 saturated carbocycles. The third-order valence-electron chi connectivity index (χ3n) is 3.36. The number of ether oxygens (including phenoxy) is 1. The van der Waals surface area contributed by atoms with Gasteiger partial charge >= 0.3 is 0 Å². The summed E-state index contributed by atoms with van der Waals surface area (Å²) in [5.41, 5.74) is 3.30. The van der Waals surface area contributed by atoms with Crippen LogP contribution < -0.4 is 5.32 Å². The Kier molecular flexibility index (Phi) is 5.74. The number of nitrogens with one attached hydrogen (secondary N) is 1. The molecule has 0 fully saturated rings. The summed E-state index contributed by atoms with van der Waals surface area (Å²) in [4.78, 5) is 0. The predicted molar refractivity (Wildman–Crippen MR) is 83.8 cm³/mol. The van der Waals surface area contributed by atoms with Crippen molar-refractivity contribution in [2.75, 3.05) is 7.11 Å². The molecule has 0 aromatic heterocycles. The number of rotatable bonds is 6. The Morgan fingerprint density at radius 3 is 2.67 bits per heavy atom. The Labute approximate surface area is 129 Å². The smallest absolute Gasteiger partial charge is 0.141 e. The summed E-state index contributed by atoms with van der Waals surface area (Å²) in [5, 5.41) is 3.57. The maximum atomic E-state index is 13.2. The molecule has 1 atom stereocenters. The van der Waals surface area contributed by atoms with E-state index in [9.17, 15) is 4.39 Å². The summed E-state index contributed by atoms with van der Waals surface area (Å²) in [5.74, 6) is -0.389. The lowest BCUT2D eigenvalue weighted by molar-refractivity contribution is 0.185. The van der Waals surface area contributed by atoms with Crippen LogP contribution in [-0.4, -0.2) is 7.11 Å². The molecule has 21 heavy (non-hydrogen) atoms. The minimum absolute atomic E-state index is 0.0918. The van der Waals surface area contributed by atoms with E-state index in [2.05, 4.69) is 17.4 Å². The largest absolute Gasteiger partial charge is 0.380 e. The van der Waals surface area contributed by atoms with Crippen molar-refractivity contribution in [1.29, 1.82) is 0 Å². The maximum absolute atomic E-state index is 13.2. The molecule has 1 unspecified atom stereocenters. The van der Waals surface area contributed by atoms with E-state index in [0.717, 1.165) is 17.7 Å². The fraction of sp³-hybridized carbons (Fsp3) is 0.294. The molecule has 2 aromatic rings. The summed E-state index contributed by atoms with van der Waals surface area (Å²) >= 11 is 5.81. The van der Waals surface area contributed by atoms with Gasteiger partial charge in [0.25, 0.3) is 0 Å². The summed E-state index contributed by atoms with van der Waals surface area (Å²) in [6.45, 7) is 3.37. The van der Waals surface area contributed by atoms with Crippen LogP contribution in [0, 0.1) is 5.82 Å². The Hall–Kier alpha value is -1.42. The van der Waals surface area contributed by atoms with Crippen molar-refractivity contribution in [2.45, 2.75) is 26.1 Å². The first-order valence-corrected chi connectivity index (χ1v) is 7.23. The number of hydrogen-bond donors (Lipinski definition) is 1. The van der Waals surface area contributed by atoms with E-state index in [-0.39, 0.29) is 16.9 Å².